The third kappa shape index (κ3) is 3.57. The van der Waals surface area contributed by atoms with Crippen LogP contribution in [0.1, 0.15) is 20.1 Å². The maximum atomic E-state index is 11.8. The number of anilines is 1. The van der Waals surface area contributed by atoms with Crippen molar-refractivity contribution in [2.75, 3.05) is 25.6 Å². The first kappa shape index (κ1) is 15.4. The molecule has 116 valence electrons. The van der Waals surface area contributed by atoms with Crippen LogP contribution >= 0.6 is 0 Å². The van der Waals surface area contributed by atoms with Gasteiger partial charge >= 0.3 is 0 Å². The summed E-state index contributed by atoms with van der Waals surface area (Å²) >= 11 is 0. The minimum Gasteiger partial charge on any atom is -0.394 e. The van der Waals surface area contributed by atoms with Crippen LogP contribution in [0.25, 0.3) is 11.2 Å². The van der Waals surface area contributed by atoms with Crippen LogP contribution in [-0.2, 0) is 9.47 Å². The largest absolute Gasteiger partial charge is 0.394 e. The molecule has 0 aliphatic rings. The highest BCUT2D eigenvalue weighted by Gasteiger charge is 2.18. The Morgan fingerprint density at radius 1 is 1.48 bits per heavy atom. The molecule has 0 bridgehead atoms. The van der Waals surface area contributed by atoms with Crippen molar-refractivity contribution in [1.82, 2.24) is 19.5 Å². The van der Waals surface area contributed by atoms with Gasteiger partial charge in [-0.1, -0.05) is 0 Å². The predicted molar refractivity (Wildman–Crippen MR) is 75.7 cm³/mol. The van der Waals surface area contributed by atoms with Crippen molar-refractivity contribution in [3.8, 4) is 0 Å². The van der Waals surface area contributed by atoms with Gasteiger partial charge in [0.2, 0.25) is 5.95 Å². The molecule has 4 N–H and O–H groups in total. The second-order valence-corrected chi connectivity index (χ2v) is 4.71. The number of hydrogen-bond donors (Lipinski definition) is 3. The monoisotopic (exact) mass is 297 g/mol. The summed E-state index contributed by atoms with van der Waals surface area (Å²) in [6, 6.07) is 0. The Bertz CT molecular complexity index is 651. The SMILES string of the molecule is CC(C)OCC(OCCO)n1cnc2c(=O)[nH]c(N)nc21. The van der Waals surface area contributed by atoms with Crippen LogP contribution in [0, 0.1) is 0 Å². The van der Waals surface area contributed by atoms with Gasteiger partial charge in [-0.2, -0.15) is 4.98 Å². The summed E-state index contributed by atoms with van der Waals surface area (Å²) in [6.45, 7) is 4.04. The predicted octanol–water partition coefficient (Wildman–Crippen LogP) is -0.366. The zero-order valence-corrected chi connectivity index (χ0v) is 11.9. The van der Waals surface area contributed by atoms with Gasteiger partial charge in [0.15, 0.2) is 17.4 Å². The smallest absolute Gasteiger partial charge is 0.280 e. The van der Waals surface area contributed by atoms with E-state index in [1.54, 1.807) is 4.57 Å². The fourth-order valence-corrected chi connectivity index (χ4v) is 1.83. The molecule has 0 aromatic carbocycles. The first-order valence-corrected chi connectivity index (χ1v) is 6.59. The zero-order valence-electron chi connectivity index (χ0n) is 11.9. The average Bonchev–Trinajstić information content (AvgIpc) is 2.82. The summed E-state index contributed by atoms with van der Waals surface area (Å²) in [5, 5.41) is 8.91. The Kier molecular flexibility index (Phi) is 4.89. The van der Waals surface area contributed by atoms with E-state index in [9.17, 15) is 4.79 Å². The zero-order chi connectivity index (χ0) is 15.4. The molecule has 0 fully saturated rings. The molecule has 9 heteroatoms. The van der Waals surface area contributed by atoms with Crippen molar-refractivity contribution < 1.29 is 14.6 Å². The maximum absolute atomic E-state index is 11.8. The van der Waals surface area contributed by atoms with Crippen LogP contribution in [0.15, 0.2) is 11.1 Å². The Morgan fingerprint density at radius 2 is 2.24 bits per heavy atom. The molecule has 1 atom stereocenters. The van der Waals surface area contributed by atoms with Crippen molar-refractivity contribution in [2.45, 2.75) is 26.2 Å². The lowest BCUT2D eigenvalue weighted by molar-refractivity contribution is -0.0775. The molecule has 2 rings (SSSR count). The minimum atomic E-state index is -0.557. The highest BCUT2D eigenvalue weighted by Crippen LogP contribution is 2.16. The molecule has 2 heterocycles. The lowest BCUT2D eigenvalue weighted by Crippen LogP contribution is -2.22. The van der Waals surface area contributed by atoms with E-state index in [1.165, 1.54) is 6.33 Å². The van der Waals surface area contributed by atoms with E-state index in [2.05, 4.69) is 15.0 Å². The molecule has 0 aliphatic heterocycles. The summed E-state index contributed by atoms with van der Waals surface area (Å²) in [5.41, 5.74) is 5.62. The molecule has 2 aromatic rings. The topological polar surface area (TPSA) is 128 Å². The normalized spacial score (nSPS) is 13.1. The molecule has 0 saturated carbocycles. The molecular weight excluding hydrogens is 278 g/mol. The first-order chi connectivity index (χ1) is 10.0. The van der Waals surface area contributed by atoms with E-state index in [1.807, 2.05) is 13.8 Å². The van der Waals surface area contributed by atoms with Gasteiger partial charge < -0.3 is 20.3 Å². The second kappa shape index (κ2) is 6.66. The number of nitrogens with two attached hydrogens (primary N) is 1. The molecule has 2 aromatic heterocycles. The fraction of sp³-hybridized carbons (Fsp3) is 0.583. The van der Waals surface area contributed by atoms with Gasteiger partial charge in [-0.15, -0.1) is 0 Å². The summed E-state index contributed by atoms with van der Waals surface area (Å²) in [7, 11) is 0. The number of aromatic nitrogens is 4. The number of aliphatic hydroxyl groups excluding tert-OH is 1. The number of imidazole rings is 1. The van der Waals surface area contributed by atoms with Gasteiger partial charge in [0, 0.05) is 0 Å². The number of ether oxygens (including phenoxy) is 2. The van der Waals surface area contributed by atoms with Gasteiger partial charge in [0.25, 0.3) is 5.56 Å². The van der Waals surface area contributed by atoms with E-state index in [4.69, 9.17) is 20.3 Å². The first-order valence-electron chi connectivity index (χ1n) is 6.59. The van der Waals surface area contributed by atoms with Crippen molar-refractivity contribution in [1.29, 1.82) is 0 Å². The number of nitrogens with one attached hydrogen (secondary N) is 1. The lowest BCUT2D eigenvalue weighted by atomic mass is 10.4. The Hall–Kier alpha value is -1.97. The molecule has 0 radical (unpaired) electrons. The van der Waals surface area contributed by atoms with Gasteiger partial charge in [0.1, 0.15) is 0 Å². The molecular formula is C12H19N5O4. The number of nitrogens with zero attached hydrogens (tertiary/aromatic N) is 3. The molecule has 21 heavy (non-hydrogen) atoms. The van der Waals surface area contributed by atoms with Gasteiger partial charge in [0.05, 0.1) is 32.3 Å². The Labute approximate surface area is 120 Å². The van der Waals surface area contributed by atoms with E-state index in [-0.39, 0.29) is 37.4 Å². The Balaban J connectivity index is 2.36. The van der Waals surface area contributed by atoms with E-state index in [0.717, 1.165) is 0 Å². The number of aromatic amines is 1. The van der Waals surface area contributed by atoms with E-state index < -0.39 is 11.8 Å². The molecule has 0 saturated heterocycles. The third-order valence-electron chi connectivity index (χ3n) is 2.73. The van der Waals surface area contributed by atoms with Crippen molar-refractivity contribution in [2.24, 2.45) is 0 Å². The molecule has 1 unspecified atom stereocenters. The highest BCUT2D eigenvalue weighted by atomic mass is 16.5. The van der Waals surface area contributed by atoms with Gasteiger partial charge in [-0.3, -0.25) is 14.3 Å². The van der Waals surface area contributed by atoms with Crippen LogP contribution in [0.5, 0.6) is 0 Å². The Morgan fingerprint density at radius 3 is 2.90 bits per heavy atom. The number of hydrogen-bond acceptors (Lipinski definition) is 7. The van der Waals surface area contributed by atoms with Crippen molar-refractivity contribution in [3.63, 3.8) is 0 Å². The standard InChI is InChI=1S/C12H19N5O4/c1-7(2)21-5-8(20-4-3-18)17-6-14-9-10(17)15-12(13)16-11(9)19/h6-8,18H,3-5H2,1-2H3,(H3,13,15,16,19). The summed E-state index contributed by atoms with van der Waals surface area (Å²) in [4.78, 5) is 22.2. The van der Waals surface area contributed by atoms with E-state index >= 15 is 0 Å². The second-order valence-electron chi connectivity index (χ2n) is 4.71. The van der Waals surface area contributed by atoms with Crippen molar-refractivity contribution >= 4 is 17.1 Å². The number of fused-ring (bicyclic) bond motifs is 1. The lowest BCUT2D eigenvalue weighted by Gasteiger charge is -2.20. The molecule has 9 nitrogen and oxygen atoms in total. The fourth-order valence-electron chi connectivity index (χ4n) is 1.83. The number of rotatable bonds is 7. The van der Waals surface area contributed by atoms with Crippen molar-refractivity contribution in [3.05, 3.63) is 16.7 Å². The minimum absolute atomic E-state index is 0.0000591. The third-order valence-corrected chi connectivity index (χ3v) is 2.73. The summed E-state index contributed by atoms with van der Waals surface area (Å²) < 4.78 is 12.6. The van der Waals surface area contributed by atoms with Crippen LogP contribution in [-0.4, -0.2) is 50.6 Å². The molecule has 0 amide bonds. The van der Waals surface area contributed by atoms with Crippen LogP contribution in [0.2, 0.25) is 0 Å². The summed E-state index contributed by atoms with van der Waals surface area (Å²) in [6.07, 6.45) is 0.901. The quantitative estimate of drug-likeness (QED) is 0.636. The average molecular weight is 297 g/mol. The van der Waals surface area contributed by atoms with Crippen LogP contribution in [0.3, 0.4) is 0 Å². The van der Waals surface area contributed by atoms with E-state index in [0.29, 0.717) is 5.65 Å². The molecule has 0 spiro atoms. The van der Waals surface area contributed by atoms with Gasteiger partial charge in [-0.05, 0) is 13.8 Å². The maximum Gasteiger partial charge on any atom is 0.280 e. The summed E-state index contributed by atoms with van der Waals surface area (Å²) in [5.74, 6) is -0.0000591. The van der Waals surface area contributed by atoms with Crippen LogP contribution in [0.4, 0.5) is 5.95 Å². The van der Waals surface area contributed by atoms with Crippen LogP contribution < -0.4 is 11.3 Å². The number of H-pyrrole nitrogens is 1. The molecule has 0 aliphatic carbocycles. The van der Waals surface area contributed by atoms with Gasteiger partial charge in [-0.25, -0.2) is 4.98 Å². The number of nitrogen functional groups attached to an aromatic ring is 1. The number of aliphatic hydroxyl groups is 1. The highest BCUT2D eigenvalue weighted by molar-refractivity contribution is 5.70.